The molecule has 0 aliphatic heterocycles. The normalized spacial score (nSPS) is 36.9. The highest BCUT2D eigenvalue weighted by Gasteiger charge is 2.55. The third-order valence-electron chi connectivity index (χ3n) is 6.32. The summed E-state index contributed by atoms with van der Waals surface area (Å²) < 4.78 is 0. The fourth-order valence-electron chi connectivity index (χ4n) is 5.06. The molecule has 0 radical (unpaired) electrons. The van der Waals surface area contributed by atoms with Gasteiger partial charge in [-0.1, -0.05) is 39.2 Å². The Morgan fingerprint density at radius 1 is 1.36 bits per heavy atom. The highest BCUT2D eigenvalue weighted by atomic mass is 16.1. The van der Waals surface area contributed by atoms with Gasteiger partial charge in [-0.2, -0.15) is 5.26 Å². The lowest BCUT2D eigenvalue weighted by molar-refractivity contribution is -0.123. The average molecular weight is 333 g/mol. The zero-order chi connectivity index (χ0) is 18.4. The Hall–Kier alpha value is -2.39. The van der Waals surface area contributed by atoms with Crippen LogP contribution < -0.4 is 0 Å². The van der Waals surface area contributed by atoms with E-state index in [1.54, 1.807) is 12.2 Å². The third-order valence-corrected chi connectivity index (χ3v) is 6.32. The lowest BCUT2D eigenvalue weighted by Gasteiger charge is -2.53. The molecule has 4 atom stereocenters. The third kappa shape index (κ3) is 2.34. The highest BCUT2D eigenvalue weighted by molar-refractivity contribution is 6.09. The molecule has 3 rings (SSSR count). The smallest absolute Gasteiger partial charge is 0.196 e. The number of rotatable bonds is 2. The second-order valence-corrected chi connectivity index (χ2v) is 7.71. The number of nitriles is 1. The summed E-state index contributed by atoms with van der Waals surface area (Å²) in [6, 6.07) is 1.98. The summed E-state index contributed by atoms with van der Waals surface area (Å²) in [5, 5.41) is 9.25. The van der Waals surface area contributed by atoms with Crippen molar-refractivity contribution in [3.8, 4) is 18.4 Å². The van der Waals surface area contributed by atoms with Crippen LogP contribution in [0.4, 0.5) is 0 Å². The minimum absolute atomic E-state index is 0.0790. The van der Waals surface area contributed by atoms with Crippen molar-refractivity contribution in [2.24, 2.45) is 22.7 Å². The van der Waals surface area contributed by atoms with E-state index in [4.69, 9.17) is 6.42 Å². The van der Waals surface area contributed by atoms with E-state index in [1.807, 2.05) is 13.0 Å². The van der Waals surface area contributed by atoms with Gasteiger partial charge in [-0.25, -0.2) is 0 Å². The number of allylic oxidation sites excluding steroid dienone is 6. The van der Waals surface area contributed by atoms with Gasteiger partial charge in [0.15, 0.2) is 11.6 Å². The number of hydrogen-bond acceptors (Lipinski definition) is 3. The molecule has 0 spiro atoms. The van der Waals surface area contributed by atoms with Crippen molar-refractivity contribution < 1.29 is 9.59 Å². The first-order valence-electron chi connectivity index (χ1n) is 8.96. The molecule has 4 unspecified atom stereocenters. The maximum Gasteiger partial charge on any atom is 0.196 e. The fourth-order valence-corrected chi connectivity index (χ4v) is 5.06. The van der Waals surface area contributed by atoms with Gasteiger partial charge in [0.1, 0.15) is 6.07 Å². The number of nitrogens with zero attached hydrogens (tertiary/aromatic N) is 1. The van der Waals surface area contributed by atoms with E-state index in [-0.39, 0.29) is 29.0 Å². The maximum absolute atomic E-state index is 12.7. The van der Waals surface area contributed by atoms with Crippen molar-refractivity contribution in [3.05, 3.63) is 34.9 Å². The monoisotopic (exact) mass is 333 g/mol. The second-order valence-electron chi connectivity index (χ2n) is 7.71. The molecule has 0 heterocycles. The summed E-state index contributed by atoms with van der Waals surface area (Å²) in [7, 11) is 0. The van der Waals surface area contributed by atoms with Crippen molar-refractivity contribution in [1.82, 2.24) is 0 Å². The predicted octanol–water partition coefficient (Wildman–Crippen LogP) is 3.93. The van der Waals surface area contributed by atoms with Crippen LogP contribution in [-0.2, 0) is 9.59 Å². The Morgan fingerprint density at radius 3 is 2.68 bits per heavy atom. The van der Waals surface area contributed by atoms with Crippen LogP contribution in [0, 0.1) is 46.3 Å². The molecule has 0 amide bonds. The number of fused-ring (bicyclic) bond motifs is 3. The molecule has 0 aromatic heterocycles. The lowest BCUT2D eigenvalue weighted by Crippen LogP contribution is -2.49. The van der Waals surface area contributed by atoms with Crippen molar-refractivity contribution in [1.29, 1.82) is 5.26 Å². The largest absolute Gasteiger partial charge is 0.294 e. The Kier molecular flexibility index (Phi) is 4.08. The first-order valence-corrected chi connectivity index (χ1v) is 8.96. The van der Waals surface area contributed by atoms with E-state index in [0.717, 1.165) is 30.4 Å². The first kappa shape index (κ1) is 17.4. The Bertz CT molecular complexity index is 829. The molecule has 0 N–H and O–H groups in total. The van der Waals surface area contributed by atoms with Crippen LogP contribution in [0.3, 0.4) is 0 Å². The van der Waals surface area contributed by atoms with Crippen molar-refractivity contribution >= 4 is 11.6 Å². The van der Waals surface area contributed by atoms with Crippen LogP contribution in [0.5, 0.6) is 0 Å². The molecule has 0 aromatic rings. The quantitative estimate of drug-likeness (QED) is 0.720. The molecular weight excluding hydrogens is 310 g/mol. The molecule has 0 bridgehead atoms. The molecule has 1 fully saturated rings. The van der Waals surface area contributed by atoms with Crippen LogP contribution >= 0.6 is 0 Å². The first-order chi connectivity index (χ1) is 11.8. The maximum atomic E-state index is 12.7. The van der Waals surface area contributed by atoms with Crippen LogP contribution in [0.2, 0.25) is 0 Å². The molecule has 25 heavy (non-hydrogen) atoms. The van der Waals surface area contributed by atoms with E-state index >= 15 is 0 Å². The Balaban J connectivity index is 2.21. The average Bonchev–Trinajstić information content (AvgIpc) is 2.60. The predicted molar refractivity (Wildman–Crippen MR) is 96.0 cm³/mol. The van der Waals surface area contributed by atoms with Crippen molar-refractivity contribution in [2.45, 2.75) is 46.5 Å². The number of carbonyl (C=O) groups is 2. The number of terminal acetylenes is 1. The zero-order valence-corrected chi connectivity index (χ0v) is 15.1. The zero-order valence-electron chi connectivity index (χ0n) is 15.1. The summed E-state index contributed by atoms with van der Waals surface area (Å²) in [6.45, 7) is 6.16. The number of Topliss-reactive ketones (excluding diaryl/α,β-unsaturated/α-hetero) is 1. The Labute approximate surface area is 149 Å². The summed E-state index contributed by atoms with van der Waals surface area (Å²) >= 11 is 0. The van der Waals surface area contributed by atoms with E-state index < -0.39 is 10.8 Å². The van der Waals surface area contributed by atoms with Gasteiger partial charge >= 0.3 is 0 Å². The molecular formula is C22H23NO2. The number of ketones is 2. The molecule has 3 nitrogen and oxygen atoms in total. The minimum atomic E-state index is -0.696. The topological polar surface area (TPSA) is 57.9 Å². The van der Waals surface area contributed by atoms with Crippen LogP contribution in [-0.4, -0.2) is 11.6 Å². The van der Waals surface area contributed by atoms with Gasteiger partial charge in [-0.15, -0.1) is 6.42 Å². The van der Waals surface area contributed by atoms with Gasteiger partial charge in [-0.3, -0.25) is 9.59 Å². The number of hydrogen-bond donors (Lipinski definition) is 0. The van der Waals surface area contributed by atoms with Crippen LogP contribution in [0.15, 0.2) is 34.9 Å². The summed E-state index contributed by atoms with van der Waals surface area (Å²) in [5.41, 5.74) is 0.746. The SMILES string of the molecule is C#CC12C=C(C#N)C(=O)C=C1C1(C)C=C(CCC)C(=O)C(C)C1CC2. The molecule has 3 aliphatic rings. The molecule has 3 heteroatoms. The van der Waals surface area contributed by atoms with Gasteiger partial charge in [0, 0.05) is 11.3 Å². The summed E-state index contributed by atoms with van der Waals surface area (Å²) in [5.74, 6) is 2.88. The molecule has 1 saturated carbocycles. The lowest BCUT2D eigenvalue weighted by atomic mass is 9.48. The van der Waals surface area contributed by atoms with Gasteiger partial charge < -0.3 is 0 Å². The highest BCUT2D eigenvalue weighted by Crippen LogP contribution is 2.60. The molecule has 3 aliphatic carbocycles. The Morgan fingerprint density at radius 2 is 2.08 bits per heavy atom. The van der Waals surface area contributed by atoms with Crippen LogP contribution in [0.25, 0.3) is 0 Å². The summed E-state index contributed by atoms with van der Waals surface area (Å²) in [4.78, 5) is 25.1. The van der Waals surface area contributed by atoms with Crippen molar-refractivity contribution in [3.63, 3.8) is 0 Å². The van der Waals surface area contributed by atoms with E-state index in [0.29, 0.717) is 6.42 Å². The van der Waals surface area contributed by atoms with E-state index in [2.05, 4.69) is 25.8 Å². The van der Waals surface area contributed by atoms with Gasteiger partial charge in [0.25, 0.3) is 0 Å². The van der Waals surface area contributed by atoms with Gasteiger partial charge in [0.2, 0.25) is 0 Å². The minimum Gasteiger partial charge on any atom is -0.294 e. The second kappa shape index (κ2) is 5.85. The molecule has 0 saturated heterocycles. The van der Waals surface area contributed by atoms with Gasteiger partial charge in [-0.05, 0) is 48.5 Å². The standard InChI is InChI=1S/C22H23NO2/c1-5-7-15-11-21(4)17(14(3)20(15)25)8-9-22(6-2)12-16(13-23)18(24)10-19(21)22/h2,10-12,14,17H,5,7-9H2,1,3-4H3. The van der Waals surface area contributed by atoms with Crippen molar-refractivity contribution in [2.75, 3.05) is 0 Å². The van der Waals surface area contributed by atoms with E-state index in [1.165, 1.54) is 0 Å². The molecule has 0 aromatic carbocycles. The fraction of sp³-hybridized carbons (Fsp3) is 0.500. The number of carbonyl (C=O) groups excluding carboxylic acids is 2. The van der Waals surface area contributed by atoms with Crippen LogP contribution in [0.1, 0.15) is 46.5 Å². The van der Waals surface area contributed by atoms with E-state index in [9.17, 15) is 14.9 Å². The van der Waals surface area contributed by atoms with Gasteiger partial charge in [0.05, 0.1) is 11.0 Å². The summed E-state index contributed by atoms with van der Waals surface area (Å²) in [6.07, 6.45) is 14.4. The molecule has 128 valence electrons.